The number of aryl methyl sites for hydroxylation is 2. The van der Waals surface area contributed by atoms with Crippen molar-refractivity contribution >= 4 is 0 Å². The van der Waals surface area contributed by atoms with Crippen molar-refractivity contribution in [2.75, 3.05) is 0 Å². The Hall–Kier alpha value is -2.08. The molecule has 2 rings (SSSR count). The Morgan fingerprint density at radius 2 is 1.95 bits per heavy atom. The van der Waals surface area contributed by atoms with Gasteiger partial charge in [0.2, 0.25) is 0 Å². The van der Waals surface area contributed by atoms with Crippen LogP contribution in [0.5, 0.6) is 0 Å². The number of nitrogens with zero attached hydrogens (tertiary/aromatic N) is 2. The molecule has 1 unspecified atom stereocenters. The maximum Gasteiger partial charge on any atom is 0.348 e. The van der Waals surface area contributed by atoms with E-state index in [0.29, 0.717) is 11.3 Å². The van der Waals surface area contributed by atoms with Crippen molar-refractivity contribution < 1.29 is 8.78 Å². The van der Waals surface area contributed by atoms with Crippen molar-refractivity contribution in [2.24, 2.45) is 5.73 Å². The Kier molecular flexibility index (Phi) is 3.94. The number of hydrogen-bond donors (Lipinski definition) is 1. The Morgan fingerprint density at radius 1 is 1.25 bits per heavy atom. The summed E-state index contributed by atoms with van der Waals surface area (Å²) >= 11 is 0. The third-order valence-corrected chi connectivity index (χ3v) is 3.10. The number of halogens is 2. The van der Waals surface area contributed by atoms with Crippen LogP contribution in [0.3, 0.4) is 0 Å². The molecule has 0 fully saturated rings. The molecule has 1 aromatic carbocycles. The van der Waals surface area contributed by atoms with Crippen LogP contribution in [0.25, 0.3) is 0 Å². The van der Waals surface area contributed by atoms with Crippen molar-refractivity contribution in [1.82, 2.24) is 9.55 Å². The zero-order chi connectivity index (χ0) is 14.9. The summed E-state index contributed by atoms with van der Waals surface area (Å²) in [5.74, 6) is -1.88. The summed E-state index contributed by atoms with van der Waals surface area (Å²) in [7, 11) is 0. The van der Waals surface area contributed by atoms with E-state index >= 15 is 0 Å². The second kappa shape index (κ2) is 5.50. The minimum atomic E-state index is -0.955. The first kappa shape index (κ1) is 14.3. The first-order valence-electron chi connectivity index (χ1n) is 6.14. The molecule has 1 aromatic heterocycles. The maximum absolute atomic E-state index is 13.2. The molecular formula is C14H15F2N3O. The lowest BCUT2D eigenvalue weighted by molar-refractivity contribution is 0.497. The smallest absolute Gasteiger partial charge is 0.322 e. The largest absolute Gasteiger partial charge is 0.348 e. The molecule has 1 atom stereocenters. The average molecular weight is 279 g/mol. The van der Waals surface area contributed by atoms with Gasteiger partial charge >= 0.3 is 5.69 Å². The number of rotatable bonds is 3. The van der Waals surface area contributed by atoms with Crippen molar-refractivity contribution in [3.8, 4) is 0 Å². The van der Waals surface area contributed by atoms with Crippen molar-refractivity contribution in [2.45, 2.75) is 26.4 Å². The second-order valence-electron chi connectivity index (χ2n) is 4.71. The highest BCUT2D eigenvalue weighted by Crippen LogP contribution is 2.16. The third-order valence-electron chi connectivity index (χ3n) is 3.10. The zero-order valence-electron chi connectivity index (χ0n) is 11.2. The second-order valence-corrected chi connectivity index (χ2v) is 4.71. The molecule has 20 heavy (non-hydrogen) atoms. The summed E-state index contributed by atoms with van der Waals surface area (Å²) in [6.07, 6.45) is 0. The highest BCUT2D eigenvalue weighted by Gasteiger charge is 2.13. The van der Waals surface area contributed by atoms with Crippen LogP contribution in [-0.2, 0) is 6.54 Å². The Bertz CT molecular complexity index is 697. The molecule has 2 N–H and O–H groups in total. The number of aromatic nitrogens is 2. The normalized spacial score (nSPS) is 12.4. The van der Waals surface area contributed by atoms with Crippen LogP contribution < -0.4 is 11.4 Å². The van der Waals surface area contributed by atoms with Crippen molar-refractivity contribution in [1.29, 1.82) is 0 Å². The van der Waals surface area contributed by atoms with E-state index in [1.807, 2.05) is 0 Å². The van der Waals surface area contributed by atoms with Gasteiger partial charge in [-0.3, -0.25) is 4.57 Å². The van der Waals surface area contributed by atoms with E-state index < -0.39 is 23.4 Å². The molecular weight excluding hydrogens is 264 g/mol. The molecule has 0 aliphatic rings. The van der Waals surface area contributed by atoms with Crippen molar-refractivity contribution in [3.63, 3.8) is 0 Å². The topological polar surface area (TPSA) is 60.9 Å². The maximum atomic E-state index is 13.2. The van der Waals surface area contributed by atoms with E-state index in [-0.39, 0.29) is 6.54 Å². The van der Waals surface area contributed by atoms with Crippen LogP contribution in [0.4, 0.5) is 8.78 Å². The van der Waals surface area contributed by atoms with Gasteiger partial charge in [0.25, 0.3) is 0 Å². The molecule has 0 radical (unpaired) electrons. The van der Waals surface area contributed by atoms with Gasteiger partial charge in [-0.2, -0.15) is 4.98 Å². The Balaban J connectivity index is 2.30. The minimum absolute atomic E-state index is 0.156. The molecule has 106 valence electrons. The molecule has 0 aliphatic carbocycles. The number of nitrogens with two attached hydrogens (primary N) is 1. The Morgan fingerprint density at radius 3 is 2.55 bits per heavy atom. The fraction of sp³-hybridized carbons (Fsp3) is 0.286. The monoisotopic (exact) mass is 279 g/mol. The van der Waals surface area contributed by atoms with Crippen LogP contribution in [0.15, 0.2) is 29.1 Å². The van der Waals surface area contributed by atoms with Crippen LogP contribution >= 0.6 is 0 Å². The highest BCUT2D eigenvalue weighted by atomic mass is 19.2. The van der Waals surface area contributed by atoms with E-state index in [9.17, 15) is 13.6 Å². The van der Waals surface area contributed by atoms with Gasteiger partial charge in [-0.1, -0.05) is 6.07 Å². The van der Waals surface area contributed by atoms with Gasteiger partial charge in [0.15, 0.2) is 11.6 Å². The fourth-order valence-electron chi connectivity index (χ4n) is 2.04. The quantitative estimate of drug-likeness (QED) is 0.932. The summed E-state index contributed by atoms with van der Waals surface area (Å²) in [5.41, 5.74) is 7.32. The Labute approximate surface area is 114 Å². The van der Waals surface area contributed by atoms with Crippen LogP contribution in [-0.4, -0.2) is 9.55 Å². The lowest BCUT2D eigenvalue weighted by Crippen LogP contribution is -2.30. The first-order valence-corrected chi connectivity index (χ1v) is 6.14. The third kappa shape index (κ3) is 2.91. The van der Waals surface area contributed by atoms with Crippen LogP contribution in [0.2, 0.25) is 0 Å². The molecule has 4 nitrogen and oxygen atoms in total. The van der Waals surface area contributed by atoms with E-state index in [4.69, 9.17) is 5.73 Å². The van der Waals surface area contributed by atoms with E-state index in [1.165, 1.54) is 10.6 Å². The van der Waals surface area contributed by atoms with E-state index in [1.54, 1.807) is 19.9 Å². The van der Waals surface area contributed by atoms with Gasteiger partial charge in [0, 0.05) is 24.0 Å². The molecule has 0 saturated carbocycles. The number of benzene rings is 1. The average Bonchev–Trinajstić information content (AvgIpc) is 2.36. The lowest BCUT2D eigenvalue weighted by Gasteiger charge is -2.16. The van der Waals surface area contributed by atoms with Crippen LogP contribution in [0, 0.1) is 25.5 Å². The molecule has 6 heteroatoms. The lowest BCUT2D eigenvalue weighted by atomic mass is 10.1. The summed E-state index contributed by atoms with van der Waals surface area (Å²) in [4.78, 5) is 15.6. The predicted molar refractivity (Wildman–Crippen MR) is 71.3 cm³/mol. The van der Waals surface area contributed by atoms with Gasteiger partial charge in [-0.05, 0) is 37.6 Å². The molecule has 0 aliphatic heterocycles. The standard InChI is InChI=1S/C14H15F2N3O/c1-8-5-9(2)19(14(20)18-8)7-13(17)10-3-4-11(15)12(16)6-10/h3-6,13H,7,17H2,1-2H3. The molecule has 0 spiro atoms. The molecule has 2 aromatic rings. The summed E-state index contributed by atoms with van der Waals surface area (Å²) in [6, 6.07) is 4.62. The molecule has 0 amide bonds. The predicted octanol–water partition coefficient (Wildman–Crippen LogP) is 1.84. The van der Waals surface area contributed by atoms with Gasteiger partial charge in [0.1, 0.15) is 0 Å². The SMILES string of the molecule is Cc1cc(C)n(CC(N)c2ccc(F)c(F)c2)c(=O)n1. The minimum Gasteiger partial charge on any atom is -0.322 e. The van der Waals surface area contributed by atoms with Gasteiger partial charge in [-0.15, -0.1) is 0 Å². The zero-order valence-corrected chi connectivity index (χ0v) is 11.2. The fourth-order valence-corrected chi connectivity index (χ4v) is 2.04. The summed E-state index contributed by atoms with van der Waals surface area (Å²) < 4.78 is 27.5. The summed E-state index contributed by atoms with van der Waals surface area (Å²) in [5, 5.41) is 0. The van der Waals surface area contributed by atoms with Crippen LogP contribution in [0.1, 0.15) is 23.0 Å². The molecule has 1 heterocycles. The summed E-state index contributed by atoms with van der Waals surface area (Å²) in [6.45, 7) is 3.66. The van der Waals surface area contributed by atoms with E-state index in [2.05, 4.69) is 4.98 Å². The highest BCUT2D eigenvalue weighted by molar-refractivity contribution is 5.21. The van der Waals surface area contributed by atoms with Gasteiger partial charge in [0.05, 0.1) is 0 Å². The van der Waals surface area contributed by atoms with E-state index in [0.717, 1.165) is 17.8 Å². The van der Waals surface area contributed by atoms with Gasteiger partial charge in [-0.25, -0.2) is 13.6 Å². The van der Waals surface area contributed by atoms with Crippen molar-refractivity contribution in [3.05, 3.63) is 63.3 Å². The molecule has 0 saturated heterocycles. The number of hydrogen-bond acceptors (Lipinski definition) is 3. The van der Waals surface area contributed by atoms with Gasteiger partial charge < -0.3 is 5.73 Å². The molecule has 0 bridgehead atoms. The first-order chi connectivity index (χ1) is 9.38.